The van der Waals surface area contributed by atoms with Crippen molar-refractivity contribution in [2.75, 3.05) is 18.6 Å². The normalized spacial score (nSPS) is 11.9. The zero-order chi connectivity index (χ0) is 25.5. The number of hydrogen-bond donors (Lipinski definition) is 1. The number of anilines is 1. The van der Waals surface area contributed by atoms with E-state index in [1.807, 2.05) is 30.3 Å². The molecule has 0 fully saturated rings. The van der Waals surface area contributed by atoms with Gasteiger partial charge in [0.1, 0.15) is 23.9 Å². The molecule has 0 bridgehead atoms. The fourth-order valence-electron chi connectivity index (χ4n) is 4.02. The lowest BCUT2D eigenvalue weighted by Crippen LogP contribution is -2.45. The Labute approximate surface area is 210 Å². The van der Waals surface area contributed by atoms with Gasteiger partial charge < -0.3 is 10.1 Å². The van der Waals surface area contributed by atoms with E-state index in [0.29, 0.717) is 35.0 Å². The van der Waals surface area contributed by atoms with Gasteiger partial charge in [-0.05, 0) is 42.7 Å². The molecule has 0 saturated heterocycles. The number of carbonyl (C=O) groups is 2. The van der Waals surface area contributed by atoms with Crippen molar-refractivity contribution in [3.8, 4) is 5.75 Å². The molecule has 4 aromatic rings. The van der Waals surface area contributed by atoms with Gasteiger partial charge in [-0.1, -0.05) is 49.4 Å². The number of ether oxygens (including phenoxy) is 1. The van der Waals surface area contributed by atoms with Gasteiger partial charge in [0.25, 0.3) is 0 Å². The molecule has 2 heterocycles. The van der Waals surface area contributed by atoms with Crippen LogP contribution in [0, 0.1) is 5.92 Å². The number of fused-ring (bicyclic) bond motifs is 1. The molecule has 186 valence electrons. The summed E-state index contributed by atoms with van der Waals surface area (Å²) in [6.07, 6.45) is 4.06. The summed E-state index contributed by atoms with van der Waals surface area (Å²) >= 11 is 0. The van der Waals surface area contributed by atoms with Crippen LogP contribution in [0.4, 0.5) is 5.69 Å². The highest BCUT2D eigenvalue weighted by Crippen LogP contribution is 2.35. The highest BCUT2D eigenvalue weighted by molar-refractivity contribution is 6.02. The van der Waals surface area contributed by atoms with E-state index in [9.17, 15) is 9.59 Å². The molecule has 36 heavy (non-hydrogen) atoms. The van der Waals surface area contributed by atoms with Crippen LogP contribution in [0.5, 0.6) is 5.75 Å². The van der Waals surface area contributed by atoms with Crippen LogP contribution >= 0.6 is 0 Å². The summed E-state index contributed by atoms with van der Waals surface area (Å²) in [5, 5.41) is 11.3. The molecule has 0 spiro atoms. The Morgan fingerprint density at radius 3 is 2.58 bits per heavy atom. The van der Waals surface area contributed by atoms with Crippen LogP contribution < -0.4 is 15.0 Å². The van der Waals surface area contributed by atoms with Crippen LogP contribution in [0.3, 0.4) is 0 Å². The molecule has 0 aliphatic rings. The Balaban J connectivity index is 1.78. The number of amides is 2. The predicted octanol–water partition coefficient (Wildman–Crippen LogP) is 3.77. The number of nitrogens with zero attached hydrogens (tertiary/aromatic N) is 5. The van der Waals surface area contributed by atoms with Crippen molar-refractivity contribution in [2.45, 2.75) is 32.9 Å². The second kappa shape index (κ2) is 11.4. The summed E-state index contributed by atoms with van der Waals surface area (Å²) in [5.41, 5.74) is 2.47. The maximum absolute atomic E-state index is 14.0. The number of rotatable bonds is 10. The third kappa shape index (κ3) is 5.51. The number of hydrogen-bond acceptors (Lipinski definition) is 6. The minimum atomic E-state index is -0.968. The van der Waals surface area contributed by atoms with E-state index in [1.165, 1.54) is 16.7 Å². The molecular formula is C27H30N6O3. The highest BCUT2D eigenvalue weighted by atomic mass is 16.5. The third-order valence-electron chi connectivity index (χ3n) is 5.85. The van der Waals surface area contributed by atoms with Crippen LogP contribution in [0.15, 0.2) is 73.1 Å². The molecule has 0 saturated carbocycles. The van der Waals surface area contributed by atoms with Gasteiger partial charge in [0.15, 0.2) is 0 Å². The van der Waals surface area contributed by atoms with Gasteiger partial charge in [0, 0.05) is 24.5 Å². The Morgan fingerprint density at radius 1 is 1.06 bits per heavy atom. The average molecular weight is 487 g/mol. The molecule has 0 aliphatic heterocycles. The van der Waals surface area contributed by atoms with Crippen molar-refractivity contribution >= 4 is 28.5 Å². The zero-order valence-corrected chi connectivity index (χ0v) is 20.7. The van der Waals surface area contributed by atoms with E-state index < -0.39 is 6.04 Å². The number of aromatic nitrogens is 4. The van der Waals surface area contributed by atoms with Gasteiger partial charge in [-0.2, -0.15) is 0 Å². The lowest BCUT2D eigenvalue weighted by atomic mass is 10.0. The summed E-state index contributed by atoms with van der Waals surface area (Å²) in [5.74, 6) is 0.252. The Bertz CT molecular complexity index is 1320. The lowest BCUT2D eigenvalue weighted by Gasteiger charge is -2.32. The standard InChI is InChI=1S/C27H30N6O3/c1-19(2)14-16-29-27(35)26(20-9-8-15-28-17-20)33(23-12-6-7-13-24(23)36-3)25(34)18-32-22-11-5-4-10-21(22)30-31-32/h4-13,15,17,19,26H,14,16,18H2,1-3H3,(H,29,35)/t26-/m1/s1. The van der Waals surface area contributed by atoms with Crippen molar-refractivity contribution in [1.29, 1.82) is 0 Å². The SMILES string of the molecule is COc1ccccc1N(C(=O)Cn1nnc2ccccc21)[C@@H](C(=O)NCCC(C)C)c1cccnc1. The van der Waals surface area contributed by atoms with Gasteiger partial charge in [0.05, 0.1) is 18.3 Å². The molecular weight excluding hydrogens is 456 g/mol. The first-order valence-electron chi connectivity index (χ1n) is 11.9. The second-order valence-electron chi connectivity index (χ2n) is 8.83. The van der Waals surface area contributed by atoms with Crippen LogP contribution in [0.25, 0.3) is 11.0 Å². The minimum Gasteiger partial charge on any atom is -0.495 e. The van der Waals surface area contributed by atoms with Crippen molar-refractivity contribution in [2.24, 2.45) is 5.92 Å². The molecule has 2 aromatic carbocycles. The predicted molar refractivity (Wildman–Crippen MR) is 137 cm³/mol. The van der Waals surface area contributed by atoms with Gasteiger partial charge in [-0.3, -0.25) is 19.5 Å². The molecule has 0 radical (unpaired) electrons. The molecule has 1 atom stereocenters. The number of carbonyl (C=O) groups excluding carboxylic acids is 2. The summed E-state index contributed by atoms with van der Waals surface area (Å²) in [6, 6.07) is 17.1. The van der Waals surface area contributed by atoms with E-state index in [1.54, 1.807) is 42.7 Å². The Kier molecular flexibility index (Phi) is 7.89. The zero-order valence-electron chi connectivity index (χ0n) is 20.7. The first kappa shape index (κ1) is 24.8. The van der Waals surface area contributed by atoms with E-state index in [0.717, 1.165) is 11.9 Å². The van der Waals surface area contributed by atoms with Crippen LogP contribution in [0.2, 0.25) is 0 Å². The monoisotopic (exact) mass is 486 g/mol. The fourth-order valence-corrected chi connectivity index (χ4v) is 4.02. The summed E-state index contributed by atoms with van der Waals surface area (Å²) in [4.78, 5) is 33.3. The number of methoxy groups -OCH3 is 1. The van der Waals surface area contributed by atoms with Crippen molar-refractivity contribution in [3.63, 3.8) is 0 Å². The van der Waals surface area contributed by atoms with Crippen LogP contribution in [-0.4, -0.2) is 45.4 Å². The first-order valence-corrected chi connectivity index (χ1v) is 11.9. The second-order valence-corrected chi connectivity index (χ2v) is 8.83. The summed E-state index contributed by atoms with van der Waals surface area (Å²) < 4.78 is 7.12. The van der Waals surface area contributed by atoms with Gasteiger partial charge in [0.2, 0.25) is 11.8 Å². The van der Waals surface area contributed by atoms with E-state index in [-0.39, 0.29) is 18.4 Å². The molecule has 9 heteroatoms. The fraction of sp³-hybridized carbons (Fsp3) is 0.296. The summed E-state index contributed by atoms with van der Waals surface area (Å²) in [7, 11) is 1.54. The average Bonchev–Trinajstić information content (AvgIpc) is 3.30. The molecule has 2 amide bonds. The Hall–Kier alpha value is -4.27. The molecule has 1 N–H and O–H groups in total. The highest BCUT2D eigenvalue weighted by Gasteiger charge is 2.34. The number of nitrogens with one attached hydrogen (secondary N) is 1. The largest absolute Gasteiger partial charge is 0.495 e. The molecule has 0 aliphatic carbocycles. The first-order chi connectivity index (χ1) is 17.5. The summed E-state index contributed by atoms with van der Waals surface area (Å²) in [6.45, 7) is 4.57. The van der Waals surface area contributed by atoms with E-state index in [2.05, 4.69) is 34.5 Å². The van der Waals surface area contributed by atoms with Crippen LogP contribution in [-0.2, 0) is 16.1 Å². The molecule has 0 unspecified atom stereocenters. The maximum atomic E-state index is 14.0. The Morgan fingerprint density at radius 2 is 1.83 bits per heavy atom. The quantitative estimate of drug-likeness (QED) is 0.366. The van der Waals surface area contributed by atoms with Crippen molar-refractivity contribution < 1.29 is 14.3 Å². The van der Waals surface area contributed by atoms with Crippen LogP contribution in [0.1, 0.15) is 31.9 Å². The maximum Gasteiger partial charge on any atom is 0.249 e. The minimum absolute atomic E-state index is 0.116. The smallest absolute Gasteiger partial charge is 0.249 e. The van der Waals surface area contributed by atoms with Gasteiger partial charge in [-0.25, -0.2) is 4.68 Å². The lowest BCUT2D eigenvalue weighted by molar-refractivity contribution is -0.127. The van der Waals surface area contributed by atoms with Crippen molar-refractivity contribution in [1.82, 2.24) is 25.3 Å². The van der Waals surface area contributed by atoms with E-state index >= 15 is 0 Å². The molecule has 2 aromatic heterocycles. The molecule has 4 rings (SSSR count). The van der Waals surface area contributed by atoms with Crippen molar-refractivity contribution in [3.05, 3.63) is 78.6 Å². The van der Waals surface area contributed by atoms with Gasteiger partial charge >= 0.3 is 0 Å². The number of para-hydroxylation sites is 3. The third-order valence-corrected chi connectivity index (χ3v) is 5.85. The van der Waals surface area contributed by atoms with Gasteiger partial charge in [-0.15, -0.1) is 5.10 Å². The topological polar surface area (TPSA) is 102 Å². The molecule has 9 nitrogen and oxygen atoms in total. The number of benzene rings is 2. The number of pyridine rings is 1. The van der Waals surface area contributed by atoms with E-state index in [4.69, 9.17) is 4.74 Å².